The zero-order valence-electron chi connectivity index (χ0n) is 12.0. The Morgan fingerprint density at radius 3 is 2.76 bits per heavy atom. The first-order valence-corrected chi connectivity index (χ1v) is 9.36. The predicted octanol–water partition coefficient (Wildman–Crippen LogP) is 2.41. The number of hydrogen-bond acceptors (Lipinski definition) is 5. The maximum absolute atomic E-state index is 11.9. The maximum Gasteiger partial charge on any atom is 0.232 e. The summed E-state index contributed by atoms with van der Waals surface area (Å²) in [4.78, 5) is 5.43. The number of anilines is 2. The van der Waals surface area contributed by atoms with Crippen molar-refractivity contribution in [2.45, 2.75) is 19.8 Å². The van der Waals surface area contributed by atoms with Gasteiger partial charge in [0.2, 0.25) is 10.0 Å². The smallest absolute Gasteiger partial charge is 0.232 e. The Morgan fingerprint density at radius 2 is 2.14 bits per heavy atom. The Labute approximate surface area is 128 Å². The maximum atomic E-state index is 11.9. The van der Waals surface area contributed by atoms with E-state index in [1.54, 1.807) is 0 Å². The van der Waals surface area contributed by atoms with Crippen molar-refractivity contribution in [1.29, 1.82) is 0 Å². The average Bonchev–Trinajstić information content (AvgIpc) is 2.75. The number of benzene rings is 1. The number of aryl methyl sites for hydroxylation is 2. The molecule has 7 heteroatoms. The zero-order chi connectivity index (χ0) is 15.2. The fourth-order valence-electron chi connectivity index (χ4n) is 2.74. The molecule has 0 aliphatic carbocycles. The van der Waals surface area contributed by atoms with Crippen molar-refractivity contribution in [3.05, 3.63) is 28.6 Å². The van der Waals surface area contributed by atoms with Crippen molar-refractivity contribution in [2.75, 3.05) is 22.8 Å². The van der Waals surface area contributed by atoms with E-state index in [1.165, 1.54) is 21.9 Å². The van der Waals surface area contributed by atoms with Crippen LogP contribution < -0.4 is 10.0 Å². The molecule has 21 heavy (non-hydrogen) atoms. The van der Waals surface area contributed by atoms with Crippen LogP contribution in [-0.4, -0.2) is 26.2 Å². The van der Waals surface area contributed by atoms with E-state index < -0.39 is 10.0 Å². The van der Waals surface area contributed by atoms with Crippen molar-refractivity contribution in [3.63, 3.8) is 0 Å². The molecule has 0 saturated carbocycles. The minimum absolute atomic E-state index is 0.549. The topological polar surface area (TPSA) is 76.3 Å². The first-order chi connectivity index (χ1) is 9.86. The van der Waals surface area contributed by atoms with Gasteiger partial charge < -0.3 is 5.73 Å². The van der Waals surface area contributed by atoms with E-state index in [2.05, 4.69) is 4.98 Å². The third-order valence-electron chi connectivity index (χ3n) is 3.64. The van der Waals surface area contributed by atoms with Crippen LogP contribution in [0.3, 0.4) is 0 Å². The molecule has 0 fully saturated rings. The Morgan fingerprint density at radius 1 is 1.38 bits per heavy atom. The van der Waals surface area contributed by atoms with E-state index in [9.17, 15) is 8.42 Å². The largest absolute Gasteiger partial charge is 0.375 e. The molecule has 0 atom stereocenters. The highest BCUT2D eigenvalue weighted by Crippen LogP contribution is 2.35. The standard InChI is InChI=1S/C14H17N3O2S2/c1-9-13(16-14(15)20-9)11-5-6-12-10(8-11)4-3-7-17(12)21(2,18)19/h5-6,8H,3-4,7H2,1-2H3,(H2,15,16). The van der Waals surface area contributed by atoms with E-state index in [0.29, 0.717) is 11.7 Å². The van der Waals surface area contributed by atoms with Crippen molar-refractivity contribution in [3.8, 4) is 11.3 Å². The number of thiazole rings is 1. The van der Waals surface area contributed by atoms with Crippen LogP contribution in [0.25, 0.3) is 11.3 Å². The van der Waals surface area contributed by atoms with E-state index in [4.69, 9.17) is 5.73 Å². The minimum Gasteiger partial charge on any atom is -0.375 e. The molecule has 0 spiro atoms. The summed E-state index contributed by atoms with van der Waals surface area (Å²) in [5, 5.41) is 0.554. The monoisotopic (exact) mass is 323 g/mol. The first-order valence-electron chi connectivity index (χ1n) is 6.70. The lowest BCUT2D eigenvalue weighted by atomic mass is 9.99. The second kappa shape index (κ2) is 4.99. The van der Waals surface area contributed by atoms with Crippen LogP contribution in [0.4, 0.5) is 10.8 Å². The molecule has 0 radical (unpaired) electrons. The van der Waals surface area contributed by atoms with Crippen molar-refractivity contribution in [1.82, 2.24) is 4.98 Å². The summed E-state index contributed by atoms with van der Waals surface area (Å²) >= 11 is 1.47. The number of fused-ring (bicyclic) bond motifs is 1. The summed E-state index contributed by atoms with van der Waals surface area (Å²) in [5.74, 6) is 0. The molecule has 0 saturated heterocycles. The molecular weight excluding hydrogens is 306 g/mol. The molecule has 0 bridgehead atoms. The van der Waals surface area contributed by atoms with Crippen molar-refractivity contribution >= 4 is 32.2 Å². The molecule has 3 rings (SSSR count). The average molecular weight is 323 g/mol. The van der Waals surface area contributed by atoms with E-state index >= 15 is 0 Å². The van der Waals surface area contributed by atoms with Crippen LogP contribution in [0.1, 0.15) is 16.9 Å². The number of aromatic nitrogens is 1. The van der Waals surface area contributed by atoms with Gasteiger partial charge >= 0.3 is 0 Å². The van der Waals surface area contributed by atoms with E-state index in [-0.39, 0.29) is 0 Å². The van der Waals surface area contributed by atoms with E-state index in [1.807, 2.05) is 25.1 Å². The number of nitrogens with two attached hydrogens (primary N) is 1. The normalized spacial score (nSPS) is 15.0. The van der Waals surface area contributed by atoms with Gasteiger partial charge in [-0.2, -0.15) is 0 Å². The fourth-order valence-corrected chi connectivity index (χ4v) is 4.45. The van der Waals surface area contributed by atoms with Gasteiger partial charge in [0.05, 0.1) is 17.6 Å². The quantitative estimate of drug-likeness (QED) is 0.921. The summed E-state index contributed by atoms with van der Waals surface area (Å²) in [6, 6.07) is 5.83. The summed E-state index contributed by atoms with van der Waals surface area (Å²) < 4.78 is 25.2. The Kier molecular flexibility index (Phi) is 3.41. The van der Waals surface area contributed by atoms with Crippen LogP contribution in [-0.2, 0) is 16.4 Å². The molecule has 112 valence electrons. The van der Waals surface area contributed by atoms with Gasteiger partial charge in [-0.05, 0) is 37.5 Å². The van der Waals surface area contributed by atoms with Gasteiger partial charge in [0.25, 0.3) is 0 Å². The number of rotatable bonds is 2. The van der Waals surface area contributed by atoms with Gasteiger partial charge in [-0.25, -0.2) is 13.4 Å². The SMILES string of the molecule is Cc1sc(N)nc1-c1ccc2c(c1)CCCN2S(C)(=O)=O. The molecule has 5 nitrogen and oxygen atoms in total. The molecule has 0 amide bonds. The third-order valence-corrected chi connectivity index (χ3v) is 5.62. The Hall–Kier alpha value is -1.60. The van der Waals surface area contributed by atoms with Crippen molar-refractivity contribution < 1.29 is 8.42 Å². The van der Waals surface area contributed by atoms with Crippen LogP contribution in [0.15, 0.2) is 18.2 Å². The molecule has 1 aromatic carbocycles. The molecule has 2 heterocycles. The first kappa shape index (κ1) is 14.3. The van der Waals surface area contributed by atoms with Gasteiger partial charge in [0.15, 0.2) is 5.13 Å². The second-order valence-electron chi connectivity index (χ2n) is 5.24. The highest BCUT2D eigenvalue weighted by Gasteiger charge is 2.24. The number of nitrogens with zero attached hydrogens (tertiary/aromatic N) is 2. The third kappa shape index (κ3) is 2.63. The Bertz CT molecular complexity index is 797. The van der Waals surface area contributed by atoms with Crippen molar-refractivity contribution in [2.24, 2.45) is 0 Å². The molecular formula is C14H17N3O2S2. The molecule has 0 unspecified atom stereocenters. The van der Waals surface area contributed by atoms with Crippen LogP contribution in [0.2, 0.25) is 0 Å². The molecule has 2 aromatic rings. The predicted molar refractivity (Wildman–Crippen MR) is 87.2 cm³/mol. The lowest BCUT2D eigenvalue weighted by Crippen LogP contribution is -2.34. The van der Waals surface area contributed by atoms with Gasteiger partial charge in [-0.3, -0.25) is 4.31 Å². The summed E-state index contributed by atoms with van der Waals surface area (Å²) in [6.45, 7) is 2.54. The molecule has 2 N–H and O–H groups in total. The highest BCUT2D eigenvalue weighted by atomic mass is 32.2. The van der Waals surface area contributed by atoms with Gasteiger partial charge in [0, 0.05) is 17.0 Å². The minimum atomic E-state index is -3.22. The van der Waals surface area contributed by atoms with Crippen LogP contribution in [0.5, 0.6) is 0 Å². The van der Waals surface area contributed by atoms with Gasteiger partial charge in [-0.1, -0.05) is 6.07 Å². The number of sulfonamides is 1. The number of nitrogen functional groups attached to an aromatic ring is 1. The lowest BCUT2D eigenvalue weighted by Gasteiger charge is -2.29. The summed E-state index contributed by atoms with van der Waals surface area (Å²) in [7, 11) is -3.22. The Balaban J connectivity index is 2.08. The second-order valence-corrected chi connectivity index (χ2v) is 8.38. The molecule has 1 aliphatic heterocycles. The number of hydrogen-bond donors (Lipinski definition) is 1. The fraction of sp³-hybridized carbons (Fsp3) is 0.357. The highest BCUT2D eigenvalue weighted by molar-refractivity contribution is 7.92. The van der Waals surface area contributed by atoms with Crippen LogP contribution in [0, 0.1) is 6.92 Å². The summed E-state index contributed by atoms with van der Waals surface area (Å²) in [5.41, 5.74) is 9.47. The molecule has 1 aromatic heterocycles. The van der Waals surface area contributed by atoms with Gasteiger partial charge in [0.1, 0.15) is 0 Å². The molecule has 1 aliphatic rings. The van der Waals surface area contributed by atoms with Crippen LogP contribution >= 0.6 is 11.3 Å². The van der Waals surface area contributed by atoms with Gasteiger partial charge in [-0.15, -0.1) is 11.3 Å². The summed E-state index contributed by atoms with van der Waals surface area (Å²) in [6.07, 6.45) is 2.97. The zero-order valence-corrected chi connectivity index (χ0v) is 13.6. The lowest BCUT2D eigenvalue weighted by molar-refractivity contribution is 0.592. The van der Waals surface area contributed by atoms with E-state index in [0.717, 1.165) is 40.2 Å².